The van der Waals surface area contributed by atoms with Crippen molar-refractivity contribution in [2.45, 2.75) is 24.9 Å². The van der Waals surface area contributed by atoms with Crippen LogP contribution in [0, 0.1) is 0 Å². The van der Waals surface area contributed by atoms with Gasteiger partial charge in [0.2, 0.25) is 0 Å². The van der Waals surface area contributed by atoms with Crippen LogP contribution < -0.4 is 0 Å². The molecule has 0 aliphatic carbocycles. The maximum atomic E-state index is 12.7. The molecule has 9 heteroatoms. The lowest BCUT2D eigenvalue weighted by atomic mass is 9.93. The molecule has 0 unspecified atom stereocenters. The molecule has 0 spiro atoms. The fourth-order valence-corrected chi connectivity index (χ4v) is 2.86. The van der Waals surface area contributed by atoms with E-state index in [1.165, 1.54) is 7.05 Å². The summed E-state index contributed by atoms with van der Waals surface area (Å²) in [6.07, 6.45) is -1.37. The first-order valence-electron chi connectivity index (χ1n) is 7.26. The van der Waals surface area contributed by atoms with Gasteiger partial charge >= 0.3 is 6.18 Å². The third-order valence-corrected chi connectivity index (χ3v) is 4.13. The third kappa shape index (κ3) is 3.08. The molecule has 1 aliphatic heterocycles. The first-order valence-corrected chi connectivity index (χ1v) is 7.26. The van der Waals surface area contributed by atoms with Crippen LogP contribution in [0.5, 0.6) is 0 Å². The number of nitrogens with zero attached hydrogens (tertiary/aromatic N) is 4. The van der Waals surface area contributed by atoms with Crippen molar-refractivity contribution in [2.75, 3.05) is 13.1 Å². The van der Waals surface area contributed by atoms with Crippen molar-refractivity contribution in [1.29, 1.82) is 0 Å². The van der Waals surface area contributed by atoms with E-state index in [2.05, 4.69) is 15.3 Å². The van der Waals surface area contributed by atoms with Gasteiger partial charge in [-0.1, -0.05) is 0 Å². The molecule has 124 valence electrons. The zero-order chi connectivity index (χ0) is 16.6. The van der Waals surface area contributed by atoms with Crippen LogP contribution in [0.25, 0.3) is 0 Å². The summed E-state index contributed by atoms with van der Waals surface area (Å²) < 4.78 is 39.0. The smallest absolute Gasteiger partial charge is 0.337 e. The van der Waals surface area contributed by atoms with E-state index < -0.39 is 17.8 Å². The summed E-state index contributed by atoms with van der Waals surface area (Å²) in [6.45, 7) is 0.990. The quantitative estimate of drug-likeness (QED) is 0.919. The first-order chi connectivity index (χ1) is 10.9. The maximum Gasteiger partial charge on any atom is 0.435 e. The number of carbonyl (C=O) groups is 1. The van der Waals surface area contributed by atoms with Gasteiger partial charge in [0.15, 0.2) is 5.69 Å². The van der Waals surface area contributed by atoms with Crippen molar-refractivity contribution in [3.63, 3.8) is 0 Å². The minimum atomic E-state index is -4.55. The second-order valence-corrected chi connectivity index (χ2v) is 5.61. The van der Waals surface area contributed by atoms with Gasteiger partial charge in [-0.15, -0.1) is 0 Å². The van der Waals surface area contributed by atoms with Gasteiger partial charge in [-0.25, -0.2) is 0 Å². The molecule has 1 saturated heterocycles. The van der Waals surface area contributed by atoms with Crippen molar-refractivity contribution in [1.82, 2.24) is 24.9 Å². The van der Waals surface area contributed by atoms with Crippen molar-refractivity contribution in [3.05, 3.63) is 35.4 Å². The number of nitrogens with one attached hydrogen (secondary N) is 1. The van der Waals surface area contributed by atoms with Crippen molar-refractivity contribution in [2.24, 2.45) is 7.05 Å². The Kier molecular flexibility index (Phi) is 3.87. The SMILES string of the molecule is Cn1nc(C(F)(F)F)cc1C(=O)N1CCC(c2ccn[nH]2)CC1. The Morgan fingerprint density at radius 3 is 2.57 bits per heavy atom. The first kappa shape index (κ1) is 15.6. The Morgan fingerprint density at radius 1 is 1.35 bits per heavy atom. The van der Waals surface area contributed by atoms with E-state index >= 15 is 0 Å². The summed E-state index contributed by atoms with van der Waals surface area (Å²) in [7, 11) is 1.35. The van der Waals surface area contributed by atoms with Crippen molar-refractivity contribution >= 4 is 5.91 Å². The number of halogens is 3. The molecule has 2 aromatic heterocycles. The predicted octanol–water partition coefficient (Wildman–Crippen LogP) is 2.18. The Bertz CT molecular complexity index is 684. The standard InChI is InChI=1S/C14H16F3N5O/c1-21-11(8-12(20-21)14(15,16)17)13(23)22-6-3-9(4-7-22)10-2-5-18-19-10/h2,5,8-9H,3-4,6-7H2,1H3,(H,18,19). The highest BCUT2D eigenvalue weighted by atomic mass is 19.4. The summed E-state index contributed by atoms with van der Waals surface area (Å²) in [5, 5.41) is 10.2. The maximum absolute atomic E-state index is 12.7. The molecule has 0 aromatic carbocycles. The van der Waals surface area contributed by atoms with Crippen LogP contribution >= 0.6 is 0 Å². The molecule has 0 bridgehead atoms. The number of likely N-dealkylation sites (tertiary alicyclic amines) is 1. The van der Waals surface area contributed by atoms with Gasteiger partial charge in [-0.05, 0) is 18.9 Å². The second kappa shape index (κ2) is 5.71. The Morgan fingerprint density at radius 2 is 2.04 bits per heavy atom. The molecule has 3 rings (SSSR count). The number of rotatable bonds is 2. The summed E-state index contributed by atoms with van der Waals surface area (Å²) in [4.78, 5) is 14.0. The van der Waals surface area contributed by atoms with Gasteiger partial charge < -0.3 is 4.90 Å². The average Bonchev–Trinajstić information content (AvgIpc) is 3.15. The summed E-state index contributed by atoms with van der Waals surface area (Å²) in [5.74, 6) is -0.127. The van der Waals surface area contributed by atoms with E-state index in [1.54, 1.807) is 11.1 Å². The van der Waals surface area contributed by atoms with Crippen LogP contribution in [0.1, 0.15) is 40.6 Å². The third-order valence-electron chi connectivity index (χ3n) is 4.13. The highest BCUT2D eigenvalue weighted by Crippen LogP contribution is 2.30. The van der Waals surface area contributed by atoms with Gasteiger partial charge in [0.1, 0.15) is 5.69 Å². The molecule has 3 heterocycles. The van der Waals surface area contributed by atoms with Crippen LogP contribution in [0.2, 0.25) is 0 Å². The van der Waals surface area contributed by atoms with Crippen LogP contribution in [0.4, 0.5) is 13.2 Å². The van der Waals surface area contributed by atoms with Gasteiger partial charge in [-0.2, -0.15) is 23.4 Å². The second-order valence-electron chi connectivity index (χ2n) is 5.61. The Labute approximate surface area is 130 Å². The lowest BCUT2D eigenvalue weighted by molar-refractivity contribution is -0.141. The lowest BCUT2D eigenvalue weighted by Crippen LogP contribution is -2.38. The summed E-state index contributed by atoms with van der Waals surface area (Å²) in [6, 6.07) is 2.71. The lowest BCUT2D eigenvalue weighted by Gasteiger charge is -2.31. The van der Waals surface area contributed by atoms with Crippen LogP contribution in [-0.2, 0) is 13.2 Å². The van der Waals surface area contributed by atoms with Gasteiger partial charge in [0.25, 0.3) is 5.91 Å². The van der Waals surface area contributed by atoms with E-state index in [-0.39, 0.29) is 5.69 Å². The largest absolute Gasteiger partial charge is 0.435 e. The van der Waals surface area contributed by atoms with Crippen molar-refractivity contribution < 1.29 is 18.0 Å². The molecule has 23 heavy (non-hydrogen) atoms. The van der Waals surface area contributed by atoms with Crippen molar-refractivity contribution in [3.8, 4) is 0 Å². The molecular formula is C14H16F3N5O. The minimum Gasteiger partial charge on any atom is -0.337 e. The fraction of sp³-hybridized carbons (Fsp3) is 0.500. The fourth-order valence-electron chi connectivity index (χ4n) is 2.86. The van der Waals surface area contributed by atoms with E-state index in [1.807, 2.05) is 6.07 Å². The molecule has 2 aromatic rings. The number of H-pyrrole nitrogens is 1. The number of piperidine rings is 1. The van der Waals surface area contributed by atoms with Gasteiger partial charge in [-0.3, -0.25) is 14.6 Å². The van der Waals surface area contributed by atoms with E-state index in [0.29, 0.717) is 19.0 Å². The van der Waals surface area contributed by atoms with E-state index in [0.717, 1.165) is 29.3 Å². The van der Waals surface area contributed by atoms with E-state index in [4.69, 9.17) is 0 Å². The summed E-state index contributed by atoms with van der Waals surface area (Å²) >= 11 is 0. The zero-order valence-electron chi connectivity index (χ0n) is 12.5. The Hall–Kier alpha value is -2.32. The number of carbonyl (C=O) groups excluding carboxylic acids is 1. The monoisotopic (exact) mass is 327 g/mol. The number of amides is 1. The number of alkyl halides is 3. The topological polar surface area (TPSA) is 66.8 Å². The molecule has 0 radical (unpaired) electrons. The summed E-state index contributed by atoms with van der Waals surface area (Å²) in [5.41, 5.74) is -0.0648. The molecule has 1 aliphatic rings. The molecule has 1 fully saturated rings. The number of hydrogen-bond acceptors (Lipinski definition) is 3. The molecule has 1 N–H and O–H groups in total. The molecule has 1 amide bonds. The molecular weight excluding hydrogens is 311 g/mol. The van der Waals surface area contributed by atoms with E-state index in [9.17, 15) is 18.0 Å². The van der Waals surface area contributed by atoms with Crippen LogP contribution in [-0.4, -0.2) is 43.9 Å². The highest BCUT2D eigenvalue weighted by molar-refractivity contribution is 5.92. The average molecular weight is 327 g/mol. The normalized spacial score (nSPS) is 16.8. The molecule has 6 nitrogen and oxygen atoms in total. The molecule has 0 atom stereocenters. The number of aromatic amines is 1. The highest BCUT2D eigenvalue weighted by Gasteiger charge is 2.36. The van der Waals surface area contributed by atoms with Gasteiger partial charge in [0.05, 0.1) is 0 Å². The van der Waals surface area contributed by atoms with Gasteiger partial charge in [0, 0.05) is 44.0 Å². The zero-order valence-corrected chi connectivity index (χ0v) is 12.5. The predicted molar refractivity (Wildman–Crippen MR) is 74.7 cm³/mol. The number of aromatic nitrogens is 4. The minimum absolute atomic E-state index is 0.0442. The Balaban J connectivity index is 1.69. The molecule has 0 saturated carbocycles. The number of aryl methyl sites for hydroxylation is 1. The van der Waals surface area contributed by atoms with Crippen LogP contribution in [0.15, 0.2) is 18.3 Å². The number of hydrogen-bond donors (Lipinski definition) is 1. The van der Waals surface area contributed by atoms with Crippen LogP contribution in [0.3, 0.4) is 0 Å².